The number of hydrogen-bond donors (Lipinski definition) is 4. The monoisotopic (exact) mass is 662 g/mol. The fourth-order valence-electron chi connectivity index (χ4n) is 5.47. The number of alkyl halides is 6. The second-order valence-corrected chi connectivity index (χ2v) is 10.1. The molecule has 0 saturated carbocycles. The van der Waals surface area contributed by atoms with Crippen molar-refractivity contribution in [1.82, 2.24) is 0 Å². The Morgan fingerprint density at radius 1 is 0.830 bits per heavy atom. The van der Waals surface area contributed by atoms with Crippen LogP contribution in [0, 0.1) is 11.3 Å². The van der Waals surface area contributed by atoms with Crippen LogP contribution in [-0.4, -0.2) is 48.7 Å². The molecule has 1 heterocycles. The molecule has 0 radical (unpaired) electrons. The average molecular weight is 663 g/mol. The minimum Gasteiger partial charge on any atom is -0.506 e. The summed E-state index contributed by atoms with van der Waals surface area (Å²) in [5, 5.41) is 30.8. The van der Waals surface area contributed by atoms with Crippen molar-refractivity contribution in [2.45, 2.75) is 23.7 Å². The van der Waals surface area contributed by atoms with Gasteiger partial charge in [0.1, 0.15) is 23.0 Å². The van der Waals surface area contributed by atoms with Crippen LogP contribution in [0.1, 0.15) is 22.6 Å². The normalized spacial score (nSPS) is 15.7. The molecule has 4 rings (SSSR count). The molecule has 16 heteroatoms. The maximum Gasteiger partial charge on any atom is 0.411 e. The van der Waals surface area contributed by atoms with E-state index >= 15 is 0 Å². The third-order valence-corrected chi connectivity index (χ3v) is 7.57. The maximum atomic E-state index is 14.9. The molecule has 1 aliphatic rings. The summed E-state index contributed by atoms with van der Waals surface area (Å²) in [7, 11) is 1.79. The molecule has 3 aromatic rings. The number of nitrogens with zero attached hydrogens (tertiary/aromatic N) is 2. The number of ether oxygens (including phenoxy) is 2. The highest BCUT2D eigenvalue weighted by molar-refractivity contribution is 6.06. The van der Waals surface area contributed by atoms with E-state index in [1.165, 1.54) is 24.3 Å². The van der Waals surface area contributed by atoms with E-state index in [9.17, 15) is 51.4 Å². The number of anilines is 2. The zero-order chi connectivity index (χ0) is 35.1. The minimum absolute atomic E-state index is 0.226. The SMILES string of the molecule is COC(=O)C1=C(C(=O)OC)N(c2cc(C(c3ccc(O)c(N)c3)(C(F)(F)F)C(F)(F)F)ccc2O)C(N)=C(C#N)C1c1ccccc1. The van der Waals surface area contributed by atoms with Gasteiger partial charge in [0.15, 0.2) is 0 Å². The smallest absolute Gasteiger partial charge is 0.411 e. The number of nitriles is 1. The van der Waals surface area contributed by atoms with E-state index in [0.717, 1.165) is 14.2 Å². The topological polar surface area (TPSA) is 172 Å². The van der Waals surface area contributed by atoms with Crippen LogP contribution in [-0.2, 0) is 24.5 Å². The summed E-state index contributed by atoms with van der Waals surface area (Å²) in [6.07, 6.45) is -12.3. The molecule has 1 aliphatic heterocycles. The number of phenols is 2. The third kappa shape index (κ3) is 5.39. The highest BCUT2D eigenvalue weighted by Gasteiger charge is 2.72. The minimum atomic E-state index is -6.14. The number of nitrogens with two attached hydrogens (primary N) is 2. The first-order chi connectivity index (χ1) is 22.0. The molecule has 0 spiro atoms. The number of hydrogen-bond acceptors (Lipinski definition) is 10. The van der Waals surface area contributed by atoms with Gasteiger partial charge in [-0.1, -0.05) is 42.5 Å². The van der Waals surface area contributed by atoms with Gasteiger partial charge < -0.3 is 31.2 Å². The largest absolute Gasteiger partial charge is 0.506 e. The Hall–Kier alpha value is -5.85. The number of carbonyl (C=O) groups is 2. The van der Waals surface area contributed by atoms with Crippen molar-refractivity contribution < 1.29 is 55.6 Å². The molecule has 3 aromatic carbocycles. The summed E-state index contributed by atoms with van der Waals surface area (Å²) in [4.78, 5) is 27.1. The lowest BCUT2D eigenvalue weighted by Crippen LogP contribution is -2.54. The van der Waals surface area contributed by atoms with E-state index in [0.29, 0.717) is 35.2 Å². The van der Waals surface area contributed by atoms with Crippen LogP contribution in [0.5, 0.6) is 11.5 Å². The number of aromatic hydroxyl groups is 2. The Balaban J connectivity index is 2.17. The summed E-state index contributed by atoms with van der Waals surface area (Å²) >= 11 is 0. The second kappa shape index (κ2) is 12.2. The van der Waals surface area contributed by atoms with Gasteiger partial charge in [-0.3, -0.25) is 4.90 Å². The molecule has 1 unspecified atom stereocenters. The first-order valence-corrected chi connectivity index (χ1v) is 13.2. The number of carbonyl (C=O) groups excluding carboxylic acids is 2. The predicted octanol–water partition coefficient (Wildman–Crippen LogP) is 4.99. The molecule has 0 bridgehead atoms. The van der Waals surface area contributed by atoms with E-state index in [4.69, 9.17) is 20.9 Å². The van der Waals surface area contributed by atoms with Crippen LogP contribution < -0.4 is 16.4 Å². The number of esters is 2. The van der Waals surface area contributed by atoms with Gasteiger partial charge in [-0.25, -0.2) is 9.59 Å². The van der Waals surface area contributed by atoms with Gasteiger partial charge in [0.2, 0.25) is 5.41 Å². The Morgan fingerprint density at radius 2 is 1.36 bits per heavy atom. The number of methoxy groups -OCH3 is 2. The lowest BCUT2D eigenvalue weighted by molar-refractivity contribution is -0.288. The first kappa shape index (κ1) is 34.0. The number of halogens is 6. The van der Waals surface area contributed by atoms with Gasteiger partial charge in [0.25, 0.3) is 0 Å². The third-order valence-electron chi connectivity index (χ3n) is 7.57. The standard InChI is InChI=1S/C31H24F6N4O6/c1-46-27(44)24-23(15-6-4-3-5-7-15)18(14-38)26(40)41(25(24)28(45)47-2)20-13-17(9-11-22(20)43)29(30(32,33)34,31(35,36)37)16-8-10-21(42)19(39)12-16/h3-13,23,42-43H,39-40H2,1-2H3. The van der Waals surface area contributed by atoms with Gasteiger partial charge in [-0.2, -0.15) is 31.6 Å². The fraction of sp³-hybridized carbons (Fsp3) is 0.194. The van der Waals surface area contributed by atoms with Gasteiger partial charge in [-0.05, 0) is 41.0 Å². The molecule has 0 aromatic heterocycles. The zero-order valence-corrected chi connectivity index (χ0v) is 24.3. The molecule has 246 valence electrons. The van der Waals surface area contributed by atoms with Gasteiger partial charge >= 0.3 is 24.3 Å². The van der Waals surface area contributed by atoms with Crippen molar-refractivity contribution in [3.8, 4) is 17.6 Å². The molecule has 0 fully saturated rings. The Morgan fingerprint density at radius 3 is 1.85 bits per heavy atom. The van der Waals surface area contributed by atoms with Crippen molar-refractivity contribution >= 4 is 23.3 Å². The van der Waals surface area contributed by atoms with E-state index in [1.54, 1.807) is 12.1 Å². The number of rotatable bonds is 6. The quantitative estimate of drug-likeness (QED) is 0.122. The summed E-state index contributed by atoms with van der Waals surface area (Å²) in [5.41, 5.74) is 0.476. The molecule has 6 N–H and O–H groups in total. The lowest BCUT2D eigenvalue weighted by atomic mass is 9.72. The number of nitrogen functional groups attached to an aromatic ring is 1. The van der Waals surface area contributed by atoms with Gasteiger partial charge in [0.05, 0.1) is 48.7 Å². The summed E-state index contributed by atoms with van der Waals surface area (Å²) in [6, 6.07) is 11.7. The van der Waals surface area contributed by atoms with Crippen LogP contribution in [0.2, 0.25) is 0 Å². The van der Waals surface area contributed by atoms with E-state index in [2.05, 4.69) is 0 Å². The highest BCUT2D eigenvalue weighted by atomic mass is 19.4. The van der Waals surface area contributed by atoms with Crippen molar-refractivity contribution in [2.24, 2.45) is 5.73 Å². The Bertz CT molecular complexity index is 1830. The van der Waals surface area contributed by atoms with Crippen LogP contribution in [0.4, 0.5) is 37.7 Å². The summed E-state index contributed by atoms with van der Waals surface area (Å²) in [6.45, 7) is 0. The predicted molar refractivity (Wildman–Crippen MR) is 153 cm³/mol. The van der Waals surface area contributed by atoms with Crippen molar-refractivity contribution in [2.75, 3.05) is 24.9 Å². The van der Waals surface area contributed by atoms with E-state index in [-0.39, 0.29) is 11.6 Å². The zero-order valence-electron chi connectivity index (χ0n) is 24.3. The summed E-state index contributed by atoms with van der Waals surface area (Å²) in [5.74, 6) is -6.57. The molecule has 0 saturated heterocycles. The molecule has 10 nitrogen and oxygen atoms in total. The molecule has 0 aliphatic carbocycles. The molecular weight excluding hydrogens is 638 g/mol. The van der Waals surface area contributed by atoms with Crippen LogP contribution >= 0.6 is 0 Å². The lowest BCUT2D eigenvalue weighted by Gasteiger charge is -2.40. The fourth-order valence-corrected chi connectivity index (χ4v) is 5.47. The summed E-state index contributed by atoms with van der Waals surface area (Å²) < 4.78 is 99.3. The molecular formula is C31H24F6N4O6. The Labute approximate surface area is 262 Å². The molecule has 47 heavy (non-hydrogen) atoms. The number of benzene rings is 3. The second-order valence-electron chi connectivity index (χ2n) is 10.1. The Kier molecular flexibility index (Phi) is 8.80. The van der Waals surface area contributed by atoms with Crippen molar-refractivity contribution in [1.29, 1.82) is 5.26 Å². The van der Waals surface area contributed by atoms with Crippen LogP contribution in [0.25, 0.3) is 0 Å². The van der Waals surface area contributed by atoms with Crippen LogP contribution in [0.3, 0.4) is 0 Å². The van der Waals surface area contributed by atoms with Gasteiger partial charge in [-0.15, -0.1) is 0 Å². The average Bonchev–Trinajstić information content (AvgIpc) is 3.01. The van der Waals surface area contributed by atoms with Crippen LogP contribution in [0.15, 0.2) is 89.4 Å². The molecule has 1 atom stereocenters. The molecule has 0 amide bonds. The van der Waals surface area contributed by atoms with E-state index in [1.807, 2.05) is 0 Å². The van der Waals surface area contributed by atoms with Crippen molar-refractivity contribution in [3.63, 3.8) is 0 Å². The van der Waals surface area contributed by atoms with Crippen molar-refractivity contribution in [3.05, 3.63) is 106 Å². The number of allylic oxidation sites excluding steroid dienone is 1. The highest BCUT2D eigenvalue weighted by Crippen LogP contribution is 2.58. The first-order valence-electron chi connectivity index (χ1n) is 13.2. The van der Waals surface area contributed by atoms with E-state index < -0.39 is 92.3 Å². The van der Waals surface area contributed by atoms with Gasteiger partial charge in [0, 0.05) is 0 Å². The maximum absolute atomic E-state index is 14.9. The number of phenolic OH excluding ortho intramolecular Hbond substituents is 2.